The van der Waals surface area contributed by atoms with E-state index in [0.29, 0.717) is 0 Å². The zero-order valence-electron chi connectivity index (χ0n) is 12.4. The summed E-state index contributed by atoms with van der Waals surface area (Å²) in [6, 6.07) is 10.1. The molecule has 0 spiro atoms. The van der Waals surface area contributed by atoms with Crippen LogP contribution in [0.1, 0.15) is 11.5 Å². The summed E-state index contributed by atoms with van der Waals surface area (Å²) < 4.78 is 0. The summed E-state index contributed by atoms with van der Waals surface area (Å²) >= 11 is 5.94. The molecule has 0 bridgehead atoms. The molecule has 0 radical (unpaired) electrons. The summed E-state index contributed by atoms with van der Waals surface area (Å²) in [7, 11) is 0. The maximum absolute atomic E-state index is 5.94. The maximum atomic E-state index is 5.94. The highest BCUT2D eigenvalue weighted by Crippen LogP contribution is 2.21. The van der Waals surface area contributed by atoms with Crippen LogP contribution < -0.4 is 9.80 Å². The molecular weight excluding hydrogens is 284 g/mol. The second kappa shape index (κ2) is 5.90. The Labute approximate surface area is 130 Å². The topological polar surface area (TPSA) is 32.3 Å². The van der Waals surface area contributed by atoms with Gasteiger partial charge in [-0.15, -0.1) is 0 Å². The molecule has 110 valence electrons. The van der Waals surface area contributed by atoms with E-state index in [1.165, 1.54) is 5.69 Å². The van der Waals surface area contributed by atoms with E-state index < -0.39 is 0 Å². The van der Waals surface area contributed by atoms with Crippen molar-refractivity contribution in [2.24, 2.45) is 0 Å². The second-order valence-corrected chi connectivity index (χ2v) is 5.80. The Hall–Kier alpha value is -1.81. The molecule has 4 nitrogen and oxygen atoms in total. The van der Waals surface area contributed by atoms with Gasteiger partial charge < -0.3 is 9.80 Å². The first-order chi connectivity index (χ1) is 10.1. The number of piperazine rings is 1. The van der Waals surface area contributed by atoms with Gasteiger partial charge in [0.05, 0.1) is 0 Å². The van der Waals surface area contributed by atoms with Gasteiger partial charge >= 0.3 is 0 Å². The molecular formula is C16H19ClN4. The van der Waals surface area contributed by atoms with Gasteiger partial charge in [0.15, 0.2) is 0 Å². The second-order valence-electron chi connectivity index (χ2n) is 5.37. The number of hydrogen-bond acceptors (Lipinski definition) is 4. The van der Waals surface area contributed by atoms with Crippen molar-refractivity contribution in [2.75, 3.05) is 36.0 Å². The molecule has 21 heavy (non-hydrogen) atoms. The summed E-state index contributed by atoms with van der Waals surface area (Å²) in [6.45, 7) is 7.88. The normalized spacial score (nSPS) is 15.4. The smallest absolute Gasteiger partial charge is 0.132 e. The molecule has 0 atom stereocenters. The van der Waals surface area contributed by atoms with Gasteiger partial charge in [-0.2, -0.15) is 0 Å². The number of aryl methyl sites for hydroxylation is 2. The molecule has 2 heterocycles. The van der Waals surface area contributed by atoms with E-state index in [4.69, 9.17) is 11.6 Å². The Morgan fingerprint density at radius 3 is 2.14 bits per heavy atom. The zero-order valence-corrected chi connectivity index (χ0v) is 13.1. The van der Waals surface area contributed by atoms with Crippen molar-refractivity contribution in [3.8, 4) is 0 Å². The first-order valence-corrected chi connectivity index (χ1v) is 7.57. The van der Waals surface area contributed by atoms with Crippen LogP contribution in [0.25, 0.3) is 0 Å². The Kier molecular flexibility index (Phi) is 3.97. The molecule has 0 saturated carbocycles. The first kappa shape index (κ1) is 14.1. The van der Waals surface area contributed by atoms with Gasteiger partial charge in [0.1, 0.15) is 11.6 Å². The van der Waals surface area contributed by atoms with Gasteiger partial charge in [0.25, 0.3) is 0 Å². The Morgan fingerprint density at radius 1 is 0.905 bits per heavy atom. The molecule has 1 aliphatic rings. The quantitative estimate of drug-likeness (QED) is 0.853. The Morgan fingerprint density at radius 2 is 1.52 bits per heavy atom. The molecule has 1 aromatic heterocycles. The van der Waals surface area contributed by atoms with Crippen LogP contribution in [-0.2, 0) is 0 Å². The fourth-order valence-corrected chi connectivity index (χ4v) is 2.83. The fourth-order valence-electron chi connectivity index (χ4n) is 2.71. The van der Waals surface area contributed by atoms with Crippen LogP contribution in [0, 0.1) is 13.8 Å². The van der Waals surface area contributed by atoms with E-state index in [0.717, 1.165) is 48.5 Å². The Bertz CT molecular complexity index is 598. The minimum atomic E-state index is 0.782. The third-order valence-corrected chi connectivity index (χ3v) is 4.00. The third kappa shape index (κ3) is 3.27. The number of rotatable bonds is 2. The van der Waals surface area contributed by atoms with Crippen LogP contribution in [0.15, 0.2) is 30.3 Å². The van der Waals surface area contributed by atoms with Gasteiger partial charge in [-0.05, 0) is 38.1 Å². The van der Waals surface area contributed by atoms with Crippen LogP contribution in [0.5, 0.6) is 0 Å². The lowest BCUT2D eigenvalue weighted by Crippen LogP contribution is -2.46. The van der Waals surface area contributed by atoms with Gasteiger partial charge in [-0.1, -0.05) is 11.6 Å². The lowest BCUT2D eigenvalue weighted by atomic mass is 10.2. The summed E-state index contributed by atoms with van der Waals surface area (Å²) in [5.74, 6) is 1.88. The van der Waals surface area contributed by atoms with E-state index in [9.17, 15) is 0 Å². The predicted octanol–water partition coefficient (Wildman–Crippen LogP) is 3.07. The first-order valence-electron chi connectivity index (χ1n) is 7.19. The summed E-state index contributed by atoms with van der Waals surface area (Å²) in [5.41, 5.74) is 2.26. The van der Waals surface area contributed by atoms with Gasteiger partial charge in [-0.3, -0.25) is 0 Å². The zero-order chi connectivity index (χ0) is 14.8. The standard InChI is InChI=1S/C16H19ClN4/c1-12-11-16(19-13(2)18-12)21-9-7-20(8-10-21)15-5-3-14(17)4-6-15/h3-6,11H,7-10H2,1-2H3. The van der Waals surface area contributed by atoms with Crippen molar-refractivity contribution in [3.05, 3.63) is 46.9 Å². The molecule has 1 fully saturated rings. The largest absolute Gasteiger partial charge is 0.368 e. The minimum Gasteiger partial charge on any atom is -0.368 e. The maximum Gasteiger partial charge on any atom is 0.132 e. The van der Waals surface area contributed by atoms with Gasteiger partial charge in [0, 0.05) is 48.6 Å². The molecule has 0 unspecified atom stereocenters. The van der Waals surface area contributed by atoms with Crippen LogP contribution in [0.2, 0.25) is 5.02 Å². The van der Waals surface area contributed by atoms with E-state index in [1.807, 2.05) is 26.0 Å². The summed E-state index contributed by atoms with van der Waals surface area (Å²) in [6.07, 6.45) is 0. The van der Waals surface area contributed by atoms with E-state index >= 15 is 0 Å². The number of nitrogens with zero attached hydrogens (tertiary/aromatic N) is 4. The van der Waals surface area contributed by atoms with E-state index in [2.05, 4.69) is 38.0 Å². The number of benzene rings is 1. The monoisotopic (exact) mass is 302 g/mol. The molecule has 0 amide bonds. The highest BCUT2D eigenvalue weighted by atomic mass is 35.5. The van der Waals surface area contributed by atoms with Crippen LogP contribution in [-0.4, -0.2) is 36.1 Å². The van der Waals surface area contributed by atoms with Crippen molar-refractivity contribution in [1.82, 2.24) is 9.97 Å². The molecule has 0 N–H and O–H groups in total. The SMILES string of the molecule is Cc1cc(N2CCN(c3ccc(Cl)cc3)CC2)nc(C)n1. The number of anilines is 2. The van der Waals surface area contributed by atoms with E-state index in [1.54, 1.807) is 0 Å². The number of aromatic nitrogens is 2. The average Bonchev–Trinajstić information content (AvgIpc) is 2.47. The lowest BCUT2D eigenvalue weighted by molar-refractivity contribution is 0.645. The molecule has 1 aliphatic heterocycles. The molecule has 1 aromatic carbocycles. The molecule has 3 rings (SSSR count). The van der Waals surface area contributed by atoms with Gasteiger partial charge in [-0.25, -0.2) is 9.97 Å². The highest BCUT2D eigenvalue weighted by molar-refractivity contribution is 6.30. The van der Waals surface area contributed by atoms with Gasteiger partial charge in [0.2, 0.25) is 0 Å². The summed E-state index contributed by atoms with van der Waals surface area (Å²) in [4.78, 5) is 13.6. The van der Waals surface area contributed by atoms with Crippen molar-refractivity contribution in [1.29, 1.82) is 0 Å². The molecule has 2 aromatic rings. The lowest BCUT2D eigenvalue weighted by Gasteiger charge is -2.36. The number of halogens is 1. The average molecular weight is 303 g/mol. The van der Waals surface area contributed by atoms with Crippen molar-refractivity contribution >= 4 is 23.1 Å². The molecule has 5 heteroatoms. The number of hydrogen-bond donors (Lipinski definition) is 0. The minimum absolute atomic E-state index is 0.782. The van der Waals surface area contributed by atoms with E-state index in [-0.39, 0.29) is 0 Å². The van der Waals surface area contributed by atoms with Crippen LogP contribution in [0.3, 0.4) is 0 Å². The van der Waals surface area contributed by atoms with Crippen molar-refractivity contribution in [2.45, 2.75) is 13.8 Å². The summed E-state index contributed by atoms with van der Waals surface area (Å²) in [5, 5.41) is 0.782. The highest BCUT2D eigenvalue weighted by Gasteiger charge is 2.18. The third-order valence-electron chi connectivity index (χ3n) is 3.75. The van der Waals surface area contributed by atoms with Crippen LogP contribution >= 0.6 is 11.6 Å². The van der Waals surface area contributed by atoms with Crippen molar-refractivity contribution in [3.63, 3.8) is 0 Å². The molecule has 0 aliphatic carbocycles. The van der Waals surface area contributed by atoms with Crippen LogP contribution in [0.4, 0.5) is 11.5 Å². The molecule has 1 saturated heterocycles. The Balaban J connectivity index is 1.68. The van der Waals surface area contributed by atoms with Crippen molar-refractivity contribution < 1.29 is 0 Å². The fraction of sp³-hybridized carbons (Fsp3) is 0.375. The predicted molar refractivity (Wildman–Crippen MR) is 87.4 cm³/mol.